The van der Waals surface area contributed by atoms with Crippen LogP contribution in [0.4, 0.5) is 4.39 Å². The number of halogens is 1. The van der Waals surface area contributed by atoms with Crippen molar-refractivity contribution in [1.82, 2.24) is 25.1 Å². The Morgan fingerprint density at radius 1 is 1.12 bits per heavy atom. The van der Waals surface area contributed by atoms with E-state index in [9.17, 15) is 9.50 Å². The smallest absolute Gasteiger partial charge is 0.127 e. The summed E-state index contributed by atoms with van der Waals surface area (Å²) in [6.07, 6.45) is 6.09. The molecule has 0 aliphatic heterocycles. The second-order valence-electron chi connectivity index (χ2n) is 8.08. The molecule has 7 nitrogen and oxygen atoms in total. The van der Waals surface area contributed by atoms with E-state index in [-0.39, 0.29) is 5.75 Å². The van der Waals surface area contributed by atoms with Gasteiger partial charge >= 0.3 is 0 Å². The van der Waals surface area contributed by atoms with Crippen LogP contribution in [0.25, 0.3) is 33.4 Å². The molecule has 3 N–H and O–H groups in total. The van der Waals surface area contributed by atoms with E-state index in [0.717, 1.165) is 57.3 Å². The molecule has 0 amide bonds. The molecular formula is C26H23FN6O. The molecule has 1 aromatic carbocycles. The van der Waals surface area contributed by atoms with Crippen molar-refractivity contribution in [3.8, 4) is 28.3 Å². The molecule has 0 atom stereocenters. The Kier molecular flexibility index (Phi) is 5.63. The number of hydrogen-bond donors (Lipinski definition) is 3. The highest BCUT2D eigenvalue weighted by Gasteiger charge is 2.18. The summed E-state index contributed by atoms with van der Waals surface area (Å²) in [5, 5.41) is 17.6. The number of pyridine rings is 2. The SMILES string of the molecule is CCC/N=C(/c1cc2c(-c3cc(O)cc(F)c3)nccc2[nH]1)c1nc(-c2cn[nH]c2)ccc1C. The highest BCUT2D eigenvalue weighted by Crippen LogP contribution is 2.31. The number of aromatic amines is 2. The van der Waals surface area contributed by atoms with Crippen LogP contribution in [-0.4, -0.2) is 42.5 Å². The molecule has 4 heterocycles. The number of nitrogens with zero attached hydrogens (tertiary/aromatic N) is 4. The van der Waals surface area contributed by atoms with Crippen LogP contribution in [0.3, 0.4) is 0 Å². The van der Waals surface area contributed by atoms with E-state index in [4.69, 9.17) is 9.98 Å². The number of nitrogens with one attached hydrogen (secondary N) is 2. The van der Waals surface area contributed by atoms with Gasteiger partial charge in [-0.2, -0.15) is 5.10 Å². The lowest BCUT2D eigenvalue weighted by molar-refractivity contribution is 0.469. The van der Waals surface area contributed by atoms with Crippen LogP contribution in [0.15, 0.2) is 66.0 Å². The van der Waals surface area contributed by atoms with Gasteiger partial charge in [0.1, 0.15) is 17.3 Å². The zero-order valence-corrected chi connectivity index (χ0v) is 18.8. The minimum atomic E-state index is -0.523. The van der Waals surface area contributed by atoms with Gasteiger partial charge in [0.25, 0.3) is 0 Å². The van der Waals surface area contributed by atoms with Crippen molar-refractivity contribution in [2.45, 2.75) is 20.3 Å². The van der Waals surface area contributed by atoms with Gasteiger partial charge in [-0.1, -0.05) is 13.0 Å². The first-order chi connectivity index (χ1) is 16.5. The minimum Gasteiger partial charge on any atom is -0.508 e. The molecule has 0 fully saturated rings. The third-order valence-electron chi connectivity index (χ3n) is 5.57. The van der Waals surface area contributed by atoms with Crippen molar-refractivity contribution >= 4 is 16.6 Å². The molecule has 5 rings (SSSR count). The Morgan fingerprint density at radius 3 is 2.76 bits per heavy atom. The average Bonchev–Trinajstić information content (AvgIpc) is 3.50. The van der Waals surface area contributed by atoms with Gasteiger partial charge in [0.05, 0.1) is 29.0 Å². The zero-order valence-electron chi connectivity index (χ0n) is 18.8. The first-order valence-electron chi connectivity index (χ1n) is 11.0. The number of phenolic OH excluding ortho intramolecular Hbond substituents is 1. The number of fused-ring (bicyclic) bond motifs is 1. The summed E-state index contributed by atoms with van der Waals surface area (Å²) in [7, 11) is 0. The van der Waals surface area contributed by atoms with E-state index in [2.05, 4.69) is 27.1 Å². The molecule has 0 radical (unpaired) electrons. The van der Waals surface area contributed by atoms with Gasteiger partial charge in [-0.15, -0.1) is 0 Å². The number of phenols is 1. The number of aliphatic imine (C=N–C) groups is 1. The number of benzene rings is 1. The summed E-state index contributed by atoms with van der Waals surface area (Å²) in [5.74, 6) is -0.670. The van der Waals surface area contributed by atoms with E-state index >= 15 is 0 Å². The molecule has 0 unspecified atom stereocenters. The van der Waals surface area contributed by atoms with Crippen molar-refractivity contribution in [1.29, 1.82) is 0 Å². The lowest BCUT2D eigenvalue weighted by Gasteiger charge is -2.10. The quantitative estimate of drug-likeness (QED) is 0.298. The fourth-order valence-electron chi connectivity index (χ4n) is 3.95. The maximum atomic E-state index is 14.0. The van der Waals surface area contributed by atoms with Crippen LogP contribution >= 0.6 is 0 Å². The molecule has 0 saturated heterocycles. The van der Waals surface area contributed by atoms with Gasteiger partial charge in [-0.25, -0.2) is 9.37 Å². The molecular weight excluding hydrogens is 431 g/mol. The Bertz CT molecular complexity index is 1480. The second-order valence-corrected chi connectivity index (χ2v) is 8.08. The summed E-state index contributed by atoms with van der Waals surface area (Å²) in [6, 6.07) is 11.7. The molecule has 0 saturated carbocycles. The summed E-state index contributed by atoms with van der Waals surface area (Å²) in [4.78, 5) is 17.7. The topological polar surface area (TPSA) is 103 Å². The molecule has 34 heavy (non-hydrogen) atoms. The highest BCUT2D eigenvalue weighted by molar-refractivity contribution is 6.14. The maximum absolute atomic E-state index is 14.0. The Balaban J connectivity index is 1.67. The first kappa shape index (κ1) is 21.5. The Labute approximate surface area is 195 Å². The number of rotatable bonds is 6. The van der Waals surface area contributed by atoms with Crippen molar-refractivity contribution in [2.24, 2.45) is 4.99 Å². The molecule has 0 aliphatic carbocycles. The standard InChI is InChI=1S/C26H23FN6O/c1-3-7-28-26(24-15(2)4-5-21(33-24)17-13-30-31-14-17)23-12-20-22(32-23)6-8-29-25(20)16-9-18(27)11-19(34)10-16/h4-6,8-14,32,34H,3,7H2,1-2H3,(H,30,31)/b28-26-. The van der Waals surface area contributed by atoms with Crippen LogP contribution in [0.2, 0.25) is 0 Å². The molecule has 0 aliphatic rings. The number of aromatic hydroxyl groups is 1. The van der Waals surface area contributed by atoms with Gasteiger partial charge in [-0.05, 0) is 49.2 Å². The van der Waals surface area contributed by atoms with Gasteiger partial charge in [0.15, 0.2) is 0 Å². The van der Waals surface area contributed by atoms with Crippen LogP contribution in [0.1, 0.15) is 30.3 Å². The Morgan fingerprint density at radius 2 is 2.00 bits per heavy atom. The highest BCUT2D eigenvalue weighted by atomic mass is 19.1. The van der Waals surface area contributed by atoms with Gasteiger partial charge in [-0.3, -0.25) is 15.1 Å². The number of aromatic nitrogens is 5. The zero-order chi connectivity index (χ0) is 23.7. The van der Waals surface area contributed by atoms with E-state index in [1.807, 2.05) is 31.2 Å². The van der Waals surface area contributed by atoms with Crippen molar-refractivity contribution < 1.29 is 9.50 Å². The number of aryl methyl sites for hydroxylation is 1. The van der Waals surface area contributed by atoms with Gasteiger partial charge in [0, 0.05) is 47.0 Å². The fourth-order valence-corrected chi connectivity index (χ4v) is 3.95. The minimum absolute atomic E-state index is 0.148. The maximum Gasteiger partial charge on any atom is 0.127 e. The van der Waals surface area contributed by atoms with E-state index in [1.54, 1.807) is 18.6 Å². The molecule has 5 aromatic rings. The third kappa shape index (κ3) is 4.05. The molecule has 4 aromatic heterocycles. The Hall–Kier alpha value is -4.33. The van der Waals surface area contributed by atoms with Crippen LogP contribution in [0.5, 0.6) is 5.75 Å². The van der Waals surface area contributed by atoms with Gasteiger partial charge < -0.3 is 10.1 Å². The normalized spacial score (nSPS) is 11.9. The third-order valence-corrected chi connectivity index (χ3v) is 5.57. The van der Waals surface area contributed by atoms with Crippen LogP contribution in [-0.2, 0) is 0 Å². The lowest BCUT2D eigenvalue weighted by atomic mass is 10.0. The number of hydrogen-bond acceptors (Lipinski definition) is 5. The largest absolute Gasteiger partial charge is 0.508 e. The second kappa shape index (κ2) is 8.90. The summed E-state index contributed by atoms with van der Waals surface area (Å²) < 4.78 is 14.0. The van der Waals surface area contributed by atoms with Crippen LogP contribution in [0, 0.1) is 12.7 Å². The van der Waals surface area contributed by atoms with Crippen molar-refractivity contribution in [3.05, 3.63) is 83.8 Å². The predicted molar refractivity (Wildman–Crippen MR) is 131 cm³/mol. The molecule has 170 valence electrons. The van der Waals surface area contributed by atoms with Crippen molar-refractivity contribution in [3.63, 3.8) is 0 Å². The number of H-pyrrole nitrogens is 2. The predicted octanol–water partition coefficient (Wildman–Crippen LogP) is 5.42. The average molecular weight is 455 g/mol. The first-order valence-corrected chi connectivity index (χ1v) is 11.0. The monoisotopic (exact) mass is 454 g/mol. The lowest BCUT2D eigenvalue weighted by Crippen LogP contribution is -2.10. The summed E-state index contributed by atoms with van der Waals surface area (Å²) in [5.41, 5.74) is 6.89. The van der Waals surface area contributed by atoms with Gasteiger partial charge in [0.2, 0.25) is 0 Å². The fraction of sp³-hybridized carbons (Fsp3) is 0.154. The summed E-state index contributed by atoms with van der Waals surface area (Å²) >= 11 is 0. The van der Waals surface area contributed by atoms with E-state index < -0.39 is 5.82 Å². The molecule has 0 bridgehead atoms. The van der Waals surface area contributed by atoms with E-state index in [0.29, 0.717) is 17.8 Å². The van der Waals surface area contributed by atoms with Crippen molar-refractivity contribution in [2.75, 3.05) is 6.54 Å². The van der Waals surface area contributed by atoms with Crippen LogP contribution < -0.4 is 0 Å². The molecule has 0 spiro atoms. The van der Waals surface area contributed by atoms with E-state index in [1.165, 1.54) is 12.1 Å². The summed E-state index contributed by atoms with van der Waals surface area (Å²) in [6.45, 7) is 4.73. The molecule has 8 heteroatoms.